The minimum atomic E-state index is -3.27. The second-order valence-electron chi connectivity index (χ2n) is 3.74. The maximum atomic E-state index is 11.5. The third-order valence-electron chi connectivity index (χ3n) is 2.42. The van der Waals surface area contributed by atoms with Crippen molar-refractivity contribution in [2.24, 2.45) is 5.73 Å². The number of hydrogen-bond acceptors (Lipinski definition) is 4. The van der Waals surface area contributed by atoms with Crippen molar-refractivity contribution in [1.29, 1.82) is 0 Å². The lowest BCUT2D eigenvalue weighted by molar-refractivity contribution is 0.0985. The molecule has 0 fully saturated rings. The smallest absolute Gasteiger partial charge is 0.231 e. The first-order chi connectivity index (χ1) is 7.86. The number of ketones is 1. The molecule has 1 rings (SSSR count). The molecule has 2 N–H and O–H groups in total. The summed E-state index contributed by atoms with van der Waals surface area (Å²) >= 11 is 0. The van der Waals surface area contributed by atoms with Gasteiger partial charge in [0.2, 0.25) is 10.0 Å². The molecule has 0 heterocycles. The molecule has 0 unspecified atom stereocenters. The van der Waals surface area contributed by atoms with Crippen LogP contribution in [0.2, 0.25) is 0 Å². The summed E-state index contributed by atoms with van der Waals surface area (Å²) < 4.78 is 23.7. The topological polar surface area (TPSA) is 80.5 Å². The molecule has 1 aromatic carbocycles. The van der Waals surface area contributed by atoms with Gasteiger partial charge in [-0.2, -0.15) is 0 Å². The average molecular weight is 256 g/mol. The molecule has 0 aliphatic heterocycles. The molecule has 17 heavy (non-hydrogen) atoms. The highest BCUT2D eigenvalue weighted by Crippen LogP contribution is 2.16. The summed E-state index contributed by atoms with van der Waals surface area (Å²) in [5.41, 5.74) is 6.36. The van der Waals surface area contributed by atoms with Crippen LogP contribution in [0.25, 0.3) is 0 Å². The van der Waals surface area contributed by atoms with Gasteiger partial charge in [-0.15, -0.1) is 0 Å². The molecule has 0 aliphatic carbocycles. The van der Waals surface area contributed by atoms with Gasteiger partial charge in [-0.3, -0.25) is 9.10 Å². The number of nitrogens with zero attached hydrogens (tertiary/aromatic N) is 1. The number of nitrogens with two attached hydrogens (primary N) is 1. The van der Waals surface area contributed by atoms with E-state index in [4.69, 9.17) is 5.73 Å². The standard InChI is InChI=1S/C11H16N2O3S/c1-13(17(2,15)16)10-5-3-9(4-6-10)11(14)7-8-12/h3-6H,7-8,12H2,1-2H3. The highest BCUT2D eigenvalue weighted by Gasteiger charge is 2.12. The molecular formula is C11H16N2O3S. The number of benzene rings is 1. The van der Waals surface area contributed by atoms with E-state index in [1.165, 1.54) is 7.05 Å². The van der Waals surface area contributed by atoms with Gasteiger partial charge in [-0.25, -0.2) is 8.42 Å². The van der Waals surface area contributed by atoms with Crippen molar-refractivity contribution in [2.75, 3.05) is 24.2 Å². The van der Waals surface area contributed by atoms with E-state index in [0.717, 1.165) is 10.6 Å². The Morgan fingerprint density at radius 2 is 1.82 bits per heavy atom. The van der Waals surface area contributed by atoms with Crippen molar-refractivity contribution < 1.29 is 13.2 Å². The summed E-state index contributed by atoms with van der Waals surface area (Å²) in [7, 11) is -1.81. The van der Waals surface area contributed by atoms with Crippen molar-refractivity contribution >= 4 is 21.5 Å². The molecule has 0 bridgehead atoms. The fraction of sp³-hybridized carbons (Fsp3) is 0.364. The van der Waals surface area contributed by atoms with E-state index >= 15 is 0 Å². The van der Waals surface area contributed by atoms with Crippen LogP contribution in [0.5, 0.6) is 0 Å². The van der Waals surface area contributed by atoms with E-state index < -0.39 is 10.0 Å². The molecule has 0 spiro atoms. The van der Waals surface area contributed by atoms with E-state index in [9.17, 15) is 13.2 Å². The van der Waals surface area contributed by atoms with Gasteiger partial charge in [0.05, 0.1) is 11.9 Å². The van der Waals surface area contributed by atoms with Crippen LogP contribution in [0, 0.1) is 0 Å². The van der Waals surface area contributed by atoms with Crippen LogP contribution in [0.15, 0.2) is 24.3 Å². The number of rotatable bonds is 5. The highest BCUT2D eigenvalue weighted by molar-refractivity contribution is 7.92. The van der Waals surface area contributed by atoms with Crippen LogP contribution >= 0.6 is 0 Å². The van der Waals surface area contributed by atoms with Crippen LogP contribution in [0.1, 0.15) is 16.8 Å². The van der Waals surface area contributed by atoms with Gasteiger partial charge in [0.1, 0.15) is 0 Å². The maximum absolute atomic E-state index is 11.5. The molecular weight excluding hydrogens is 240 g/mol. The number of carbonyl (C=O) groups is 1. The van der Waals surface area contributed by atoms with E-state index in [1.54, 1.807) is 24.3 Å². The lowest BCUT2D eigenvalue weighted by Gasteiger charge is -2.16. The molecule has 0 aliphatic rings. The molecule has 0 atom stereocenters. The predicted molar refractivity (Wildman–Crippen MR) is 67.7 cm³/mol. The third kappa shape index (κ3) is 3.54. The van der Waals surface area contributed by atoms with Crippen molar-refractivity contribution in [3.8, 4) is 0 Å². The van der Waals surface area contributed by atoms with Gasteiger partial charge >= 0.3 is 0 Å². The first-order valence-corrected chi connectivity index (χ1v) is 6.98. The SMILES string of the molecule is CN(c1ccc(C(=O)CCN)cc1)S(C)(=O)=O. The molecule has 0 saturated heterocycles. The summed E-state index contributed by atoms with van der Waals surface area (Å²) in [6, 6.07) is 6.42. The highest BCUT2D eigenvalue weighted by atomic mass is 32.2. The molecule has 0 saturated carbocycles. The normalized spacial score (nSPS) is 11.2. The van der Waals surface area contributed by atoms with Crippen molar-refractivity contribution in [3.05, 3.63) is 29.8 Å². The van der Waals surface area contributed by atoms with Crippen molar-refractivity contribution in [3.63, 3.8) is 0 Å². The molecule has 0 radical (unpaired) electrons. The Balaban J connectivity index is 2.92. The fourth-order valence-corrected chi connectivity index (χ4v) is 1.83. The van der Waals surface area contributed by atoms with E-state index in [2.05, 4.69) is 0 Å². The molecule has 1 aromatic rings. The molecule has 6 heteroatoms. The largest absolute Gasteiger partial charge is 0.330 e. The maximum Gasteiger partial charge on any atom is 0.231 e. The van der Waals surface area contributed by atoms with Crippen LogP contribution < -0.4 is 10.0 Å². The lowest BCUT2D eigenvalue weighted by atomic mass is 10.1. The van der Waals surface area contributed by atoms with Crippen molar-refractivity contribution in [1.82, 2.24) is 0 Å². The Morgan fingerprint density at radius 3 is 2.24 bits per heavy atom. The summed E-state index contributed by atoms with van der Waals surface area (Å²) in [6.45, 7) is 0.309. The zero-order valence-electron chi connectivity index (χ0n) is 9.88. The Labute approximate surface area is 101 Å². The summed E-state index contributed by atoms with van der Waals surface area (Å²) in [4.78, 5) is 11.5. The average Bonchev–Trinajstić information content (AvgIpc) is 2.27. The number of Topliss-reactive ketones (excluding diaryl/α,β-unsaturated/α-hetero) is 1. The summed E-state index contributed by atoms with van der Waals surface area (Å²) in [6.07, 6.45) is 1.42. The zero-order chi connectivity index (χ0) is 13.1. The quantitative estimate of drug-likeness (QED) is 0.783. The van der Waals surface area contributed by atoms with Crippen molar-refractivity contribution in [2.45, 2.75) is 6.42 Å². The minimum absolute atomic E-state index is 0.0407. The molecule has 0 aromatic heterocycles. The second-order valence-corrected chi connectivity index (χ2v) is 5.75. The van der Waals surface area contributed by atoms with Crippen LogP contribution in [0.3, 0.4) is 0 Å². The first kappa shape index (κ1) is 13.7. The number of anilines is 1. The van der Waals surface area contributed by atoms with Gasteiger partial charge in [0.15, 0.2) is 5.78 Å². The fourth-order valence-electron chi connectivity index (χ4n) is 1.32. The monoisotopic (exact) mass is 256 g/mol. The van der Waals surface area contributed by atoms with Gasteiger partial charge in [-0.1, -0.05) is 0 Å². The Bertz CT molecular complexity index is 494. The minimum Gasteiger partial charge on any atom is -0.330 e. The summed E-state index contributed by atoms with van der Waals surface area (Å²) in [5.74, 6) is -0.0407. The number of carbonyl (C=O) groups excluding carboxylic acids is 1. The number of sulfonamides is 1. The third-order valence-corrected chi connectivity index (χ3v) is 3.63. The molecule has 5 nitrogen and oxygen atoms in total. The summed E-state index contributed by atoms with van der Waals surface area (Å²) in [5, 5.41) is 0. The van der Waals surface area contributed by atoms with E-state index in [1.807, 2.05) is 0 Å². The molecule has 94 valence electrons. The van der Waals surface area contributed by atoms with Crippen LogP contribution in [0.4, 0.5) is 5.69 Å². The number of hydrogen-bond donors (Lipinski definition) is 1. The zero-order valence-corrected chi connectivity index (χ0v) is 10.7. The van der Waals surface area contributed by atoms with Crippen LogP contribution in [-0.2, 0) is 10.0 Å². The van der Waals surface area contributed by atoms with E-state index in [-0.39, 0.29) is 5.78 Å². The predicted octanol–water partition coefficient (Wildman–Crippen LogP) is 0.614. The van der Waals surface area contributed by atoms with Gasteiger partial charge in [-0.05, 0) is 30.8 Å². The second kappa shape index (κ2) is 5.29. The van der Waals surface area contributed by atoms with Gasteiger partial charge in [0, 0.05) is 19.0 Å². The van der Waals surface area contributed by atoms with E-state index in [0.29, 0.717) is 24.2 Å². The molecule has 0 amide bonds. The lowest BCUT2D eigenvalue weighted by Crippen LogP contribution is -2.24. The Hall–Kier alpha value is -1.40. The first-order valence-electron chi connectivity index (χ1n) is 5.13. The van der Waals surface area contributed by atoms with Gasteiger partial charge < -0.3 is 5.73 Å². The Morgan fingerprint density at radius 1 is 1.29 bits per heavy atom. The van der Waals surface area contributed by atoms with Crippen LogP contribution in [-0.4, -0.2) is 34.0 Å². The Kier molecular flexibility index (Phi) is 4.25. The van der Waals surface area contributed by atoms with Gasteiger partial charge in [0.25, 0.3) is 0 Å².